The van der Waals surface area contributed by atoms with Gasteiger partial charge in [0, 0.05) is 13.0 Å². The molecule has 0 aliphatic carbocycles. The highest BCUT2D eigenvalue weighted by molar-refractivity contribution is 6.34. The van der Waals surface area contributed by atoms with Gasteiger partial charge in [-0.05, 0) is 32.9 Å². The van der Waals surface area contributed by atoms with E-state index in [1.54, 1.807) is 45.0 Å². The van der Waals surface area contributed by atoms with Crippen molar-refractivity contribution >= 4 is 17.6 Å². The van der Waals surface area contributed by atoms with Crippen LogP contribution in [0.1, 0.15) is 59.9 Å². The van der Waals surface area contributed by atoms with Crippen molar-refractivity contribution in [3.8, 4) is 0 Å². The van der Waals surface area contributed by atoms with E-state index in [1.165, 1.54) is 21.8 Å². The van der Waals surface area contributed by atoms with Gasteiger partial charge in [0.1, 0.15) is 11.9 Å². The van der Waals surface area contributed by atoms with Crippen LogP contribution in [-0.4, -0.2) is 58.7 Å². The maximum atomic E-state index is 14.5. The molecule has 2 amide bonds. The minimum Gasteiger partial charge on any atom is -0.363 e. The first kappa shape index (κ1) is 22.7. The number of nitrogens with zero attached hydrogens (tertiary/aromatic N) is 7. The Morgan fingerprint density at radius 3 is 2.30 bits per heavy atom. The van der Waals surface area contributed by atoms with Gasteiger partial charge in [-0.25, -0.2) is 14.0 Å². The van der Waals surface area contributed by atoms with Crippen LogP contribution in [0.2, 0.25) is 0 Å². The molecule has 1 aliphatic heterocycles. The number of fused-ring (bicyclic) bond motifs is 1. The third-order valence-corrected chi connectivity index (χ3v) is 4.88. The normalized spacial score (nSPS) is 15.7. The molecule has 2 unspecified atom stereocenters. The number of hydrogen-bond acceptors (Lipinski definition) is 8. The van der Waals surface area contributed by atoms with E-state index in [9.17, 15) is 19.1 Å². The minimum atomic E-state index is -1.30. The van der Waals surface area contributed by atoms with Gasteiger partial charge in [-0.3, -0.25) is 14.3 Å². The fourth-order valence-electron chi connectivity index (χ4n) is 3.37. The summed E-state index contributed by atoms with van der Waals surface area (Å²) in [5, 5.41) is 25.5. The molecule has 3 heterocycles. The van der Waals surface area contributed by atoms with Crippen LogP contribution in [0.15, 0.2) is 36.7 Å². The number of benzene rings is 1. The van der Waals surface area contributed by atoms with Crippen LogP contribution in [0.5, 0.6) is 0 Å². The number of imide groups is 1. The van der Waals surface area contributed by atoms with E-state index >= 15 is 0 Å². The summed E-state index contributed by atoms with van der Waals surface area (Å²) in [6.07, 6.45) is 0.433. The number of halogens is 1. The number of carbonyl (C=O) groups excluding carboxylic acids is 2. The van der Waals surface area contributed by atoms with Crippen molar-refractivity contribution in [2.75, 3.05) is 4.90 Å². The van der Waals surface area contributed by atoms with E-state index in [2.05, 4.69) is 20.6 Å². The largest absolute Gasteiger partial charge is 0.363 e. The molecule has 2 aromatic heterocycles. The first-order valence-electron chi connectivity index (χ1n) is 10.4. The number of rotatable bonds is 8. The van der Waals surface area contributed by atoms with Gasteiger partial charge in [-0.2, -0.15) is 0 Å². The molecule has 1 N–H and O–H groups in total. The zero-order valence-corrected chi connectivity index (χ0v) is 18.4. The molecule has 0 spiro atoms. The number of aromatic nitrogens is 6. The molecule has 1 aliphatic rings. The van der Waals surface area contributed by atoms with E-state index in [1.807, 2.05) is 0 Å². The lowest BCUT2D eigenvalue weighted by atomic mass is 10.1. The van der Waals surface area contributed by atoms with Crippen molar-refractivity contribution in [1.82, 2.24) is 30.0 Å². The Hall–Kier alpha value is -3.51. The number of aliphatic hydroxyl groups is 1. The van der Waals surface area contributed by atoms with E-state index < -0.39 is 29.9 Å². The van der Waals surface area contributed by atoms with Crippen LogP contribution >= 0.6 is 0 Å². The Bertz CT molecular complexity index is 1130. The molecule has 11 nitrogen and oxygen atoms in total. The van der Waals surface area contributed by atoms with Crippen molar-refractivity contribution in [2.24, 2.45) is 0 Å². The standard InChI is InChI=1S/C21H24FN7O4/c1-21(2,3)33-20(32)16-11-27(25-23-16)9-8-13(22)10-28-12-17(24-26-28)29-18(30)14-6-4-5-7-15(14)19(29)31/h4-7,11-13,20,32H,8-10H2,1-3H3. The smallest absolute Gasteiger partial charge is 0.267 e. The number of aryl methyl sites for hydroxylation is 1. The zero-order chi connectivity index (χ0) is 23.8. The fourth-order valence-corrected chi connectivity index (χ4v) is 3.37. The molecule has 1 aromatic carbocycles. The van der Waals surface area contributed by atoms with Crippen LogP contribution < -0.4 is 4.90 Å². The SMILES string of the molecule is CC(C)(C)OC(O)c1cn(CCC(F)Cn2cc(N3C(=O)c4ccccc4C3=O)nn2)nn1. The molecule has 12 heteroatoms. The van der Waals surface area contributed by atoms with Gasteiger partial charge in [-0.1, -0.05) is 22.6 Å². The first-order chi connectivity index (χ1) is 15.6. The highest BCUT2D eigenvalue weighted by Gasteiger charge is 2.38. The van der Waals surface area contributed by atoms with E-state index in [0.717, 1.165) is 4.90 Å². The molecule has 33 heavy (non-hydrogen) atoms. The number of ether oxygens (including phenoxy) is 1. The summed E-state index contributed by atoms with van der Waals surface area (Å²) < 4.78 is 22.6. The summed E-state index contributed by atoms with van der Waals surface area (Å²) in [5.41, 5.74) is 0.273. The van der Waals surface area contributed by atoms with Crippen molar-refractivity contribution in [1.29, 1.82) is 0 Å². The first-order valence-corrected chi connectivity index (χ1v) is 10.4. The predicted octanol–water partition coefficient (Wildman–Crippen LogP) is 1.90. The summed E-state index contributed by atoms with van der Waals surface area (Å²) in [5.74, 6) is -0.930. The lowest BCUT2D eigenvalue weighted by molar-refractivity contribution is -0.171. The number of alkyl halides is 1. The van der Waals surface area contributed by atoms with Gasteiger partial charge in [0.05, 0.1) is 35.7 Å². The predicted molar refractivity (Wildman–Crippen MR) is 113 cm³/mol. The topological polar surface area (TPSA) is 128 Å². The summed E-state index contributed by atoms with van der Waals surface area (Å²) >= 11 is 0. The molecule has 0 saturated carbocycles. The van der Waals surface area contributed by atoms with E-state index in [-0.39, 0.29) is 31.0 Å². The van der Waals surface area contributed by atoms with Crippen molar-refractivity contribution in [3.63, 3.8) is 0 Å². The van der Waals surface area contributed by atoms with Gasteiger partial charge in [-0.15, -0.1) is 10.2 Å². The van der Waals surface area contributed by atoms with Gasteiger partial charge >= 0.3 is 0 Å². The summed E-state index contributed by atoms with van der Waals surface area (Å²) in [6, 6.07) is 6.49. The van der Waals surface area contributed by atoms with Gasteiger partial charge < -0.3 is 9.84 Å². The van der Waals surface area contributed by atoms with Crippen LogP contribution in [0.4, 0.5) is 10.2 Å². The second-order valence-corrected chi connectivity index (χ2v) is 8.67. The van der Waals surface area contributed by atoms with E-state index in [4.69, 9.17) is 4.74 Å². The summed E-state index contributed by atoms with van der Waals surface area (Å²) in [7, 11) is 0. The lowest BCUT2D eigenvalue weighted by Crippen LogP contribution is -2.29. The molecule has 4 rings (SSSR count). The Labute approximate surface area is 188 Å². The number of anilines is 1. The maximum Gasteiger partial charge on any atom is 0.267 e. The summed E-state index contributed by atoms with van der Waals surface area (Å²) in [4.78, 5) is 26.0. The van der Waals surface area contributed by atoms with Crippen molar-refractivity contribution < 1.29 is 23.8 Å². The lowest BCUT2D eigenvalue weighted by Gasteiger charge is -2.22. The van der Waals surface area contributed by atoms with Crippen LogP contribution in [0.25, 0.3) is 0 Å². The van der Waals surface area contributed by atoms with Crippen LogP contribution in [0.3, 0.4) is 0 Å². The Morgan fingerprint density at radius 1 is 1.03 bits per heavy atom. The average molecular weight is 457 g/mol. The monoisotopic (exact) mass is 457 g/mol. The fraction of sp³-hybridized carbons (Fsp3) is 0.429. The number of amides is 2. The Balaban J connectivity index is 1.32. The second kappa shape index (κ2) is 8.79. The second-order valence-electron chi connectivity index (χ2n) is 8.67. The highest BCUT2D eigenvalue weighted by Crippen LogP contribution is 2.26. The number of carbonyl (C=O) groups is 2. The van der Waals surface area contributed by atoms with Crippen molar-refractivity contribution in [3.05, 3.63) is 53.5 Å². The van der Waals surface area contributed by atoms with Crippen LogP contribution in [-0.2, 0) is 17.8 Å². The Kier molecular flexibility index (Phi) is 6.04. The third-order valence-electron chi connectivity index (χ3n) is 4.88. The quantitative estimate of drug-likeness (QED) is 0.401. The highest BCUT2D eigenvalue weighted by atomic mass is 19.1. The summed E-state index contributed by atoms with van der Waals surface area (Å²) in [6.45, 7) is 5.51. The number of aliphatic hydroxyl groups excluding tert-OH is 1. The molecule has 0 radical (unpaired) electrons. The van der Waals surface area contributed by atoms with Crippen molar-refractivity contribution in [2.45, 2.75) is 58.3 Å². The molecule has 0 saturated heterocycles. The van der Waals surface area contributed by atoms with Gasteiger partial charge in [0.15, 0.2) is 5.82 Å². The Morgan fingerprint density at radius 2 is 1.67 bits per heavy atom. The zero-order valence-electron chi connectivity index (χ0n) is 18.4. The number of hydrogen-bond donors (Lipinski definition) is 1. The third kappa shape index (κ3) is 4.96. The molecular formula is C21H24FN7O4. The van der Waals surface area contributed by atoms with Crippen LogP contribution in [0, 0.1) is 0 Å². The maximum absolute atomic E-state index is 14.5. The average Bonchev–Trinajstić information content (AvgIpc) is 3.45. The molecule has 3 aromatic rings. The van der Waals surface area contributed by atoms with Gasteiger partial charge in [0.2, 0.25) is 6.29 Å². The molecule has 0 fully saturated rings. The molecule has 2 atom stereocenters. The molecular weight excluding hydrogens is 433 g/mol. The van der Waals surface area contributed by atoms with E-state index in [0.29, 0.717) is 11.1 Å². The van der Waals surface area contributed by atoms with Gasteiger partial charge in [0.25, 0.3) is 11.8 Å². The molecule has 174 valence electrons. The minimum absolute atomic E-state index is 0.0437. The molecule has 0 bridgehead atoms.